The first-order valence-corrected chi connectivity index (χ1v) is 4.59. The summed E-state index contributed by atoms with van der Waals surface area (Å²) in [5, 5.41) is 0. The third-order valence-corrected chi connectivity index (χ3v) is 2.75. The zero-order chi connectivity index (χ0) is 9.31. The van der Waals surface area contributed by atoms with Crippen molar-refractivity contribution in [1.82, 2.24) is 4.98 Å². The standard InChI is InChI=1S/C10H13FN2/c11-8-1-2-9(13-7-8)10(3-4-10)5-6-12/h1-2,7H,3-6,12H2. The molecule has 2 N–H and O–H groups in total. The van der Waals surface area contributed by atoms with Crippen molar-refractivity contribution in [3.8, 4) is 0 Å². The number of hydrogen-bond donors (Lipinski definition) is 1. The van der Waals surface area contributed by atoms with Gasteiger partial charge in [-0.25, -0.2) is 4.39 Å². The highest BCUT2D eigenvalue weighted by molar-refractivity contribution is 5.24. The highest BCUT2D eigenvalue weighted by Crippen LogP contribution is 2.49. The van der Waals surface area contributed by atoms with Crippen molar-refractivity contribution >= 4 is 0 Å². The molecule has 70 valence electrons. The minimum atomic E-state index is -0.271. The molecule has 0 atom stereocenters. The van der Waals surface area contributed by atoms with E-state index in [1.165, 1.54) is 12.3 Å². The van der Waals surface area contributed by atoms with Crippen LogP contribution in [0.15, 0.2) is 18.3 Å². The van der Waals surface area contributed by atoms with Gasteiger partial charge in [-0.3, -0.25) is 4.98 Å². The SMILES string of the molecule is NCCC1(c2ccc(F)cn2)CC1. The van der Waals surface area contributed by atoms with Crippen LogP contribution in [-0.4, -0.2) is 11.5 Å². The van der Waals surface area contributed by atoms with Crippen molar-refractivity contribution < 1.29 is 4.39 Å². The molecule has 2 nitrogen and oxygen atoms in total. The Morgan fingerprint density at radius 1 is 1.46 bits per heavy atom. The highest BCUT2D eigenvalue weighted by Gasteiger charge is 2.44. The third-order valence-electron chi connectivity index (χ3n) is 2.75. The van der Waals surface area contributed by atoms with Gasteiger partial charge in [-0.15, -0.1) is 0 Å². The first kappa shape index (κ1) is 8.63. The van der Waals surface area contributed by atoms with E-state index >= 15 is 0 Å². The molecule has 0 aliphatic heterocycles. The van der Waals surface area contributed by atoms with Crippen LogP contribution < -0.4 is 5.73 Å². The maximum absolute atomic E-state index is 12.6. The van der Waals surface area contributed by atoms with Crippen LogP contribution in [0.1, 0.15) is 25.0 Å². The molecular formula is C10H13FN2. The molecule has 1 fully saturated rings. The summed E-state index contributed by atoms with van der Waals surface area (Å²) in [7, 11) is 0. The number of hydrogen-bond acceptors (Lipinski definition) is 2. The normalized spacial score (nSPS) is 18.6. The minimum absolute atomic E-state index is 0.183. The fourth-order valence-electron chi connectivity index (χ4n) is 1.75. The smallest absolute Gasteiger partial charge is 0.141 e. The van der Waals surface area contributed by atoms with Crippen molar-refractivity contribution in [3.05, 3.63) is 29.8 Å². The number of halogens is 1. The summed E-state index contributed by atoms with van der Waals surface area (Å²) < 4.78 is 12.6. The fraction of sp³-hybridized carbons (Fsp3) is 0.500. The molecule has 0 unspecified atom stereocenters. The molecule has 0 radical (unpaired) electrons. The first-order chi connectivity index (χ1) is 6.27. The highest BCUT2D eigenvalue weighted by atomic mass is 19.1. The molecule has 0 aromatic carbocycles. The summed E-state index contributed by atoms with van der Waals surface area (Å²) in [4.78, 5) is 4.10. The maximum atomic E-state index is 12.6. The van der Waals surface area contributed by atoms with Crippen LogP contribution in [0.25, 0.3) is 0 Å². The van der Waals surface area contributed by atoms with Gasteiger partial charge in [0, 0.05) is 11.1 Å². The van der Waals surface area contributed by atoms with Gasteiger partial charge in [-0.05, 0) is 37.9 Å². The number of rotatable bonds is 3. The summed E-state index contributed by atoms with van der Waals surface area (Å²) in [6, 6.07) is 3.25. The van der Waals surface area contributed by atoms with Gasteiger partial charge in [0.1, 0.15) is 5.82 Å². The summed E-state index contributed by atoms with van der Waals surface area (Å²) in [6.45, 7) is 0.680. The lowest BCUT2D eigenvalue weighted by Crippen LogP contribution is -2.14. The Labute approximate surface area is 77.0 Å². The molecule has 3 heteroatoms. The van der Waals surface area contributed by atoms with Crippen LogP contribution in [0, 0.1) is 5.82 Å². The Morgan fingerprint density at radius 3 is 2.69 bits per heavy atom. The van der Waals surface area contributed by atoms with Crippen molar-refractivity contribution in [1.29, 1.82) is 0 Å². The van der Waals surface area contributed by atoms with Gasteiger partial charge in [0.25, 0.3) is 0 Å². The largest absolute Gasteiger partial charge is 0.330 e. The molecule has 13 heavy (non-hydrogen) atoms. The predicted octanol–water partition coefficient (Wildman–Crippen LogP) is 1.60. The number of nitrogens with two attached hydrogens (primary N) is 1. The van der Waals surface area contributed by atoms with Crippen LogP contribution in [0.2, 0.25) is 0 Å². The van der Waals surface area contributed by atoms with Crippen LogP contribution in [0.4, 0.5) is 4.39 Å². The predicted molar refractivity (Wildman–Crippen MR) is 48.8 cm³/mol. The maximum Gasteiger partial charge on any atom is 0.141 e. The second-order valence-corrected chi connectivity index (χ2v) is 3.68. The number of pyridine rings is 1. The molecule has 1 aromatic rings. The lowest BCUT2D eigenvalue weighted by atomic mass is 9.97. The first-order valence-electron chi connectivity index (χ1n) is 4.59. The zero-order valence-electron chi connectivity index (χ0n) is 7.46. The van der Waals surface area contributed by atoms with Gasteiger partial charge in [-0.2, -0.15) is 0 Å². The Bertz CT molecular complexity index is 290. The van der Waals surface area contributed by atoms with Gasteiger partial charge in [0.2, 0.25) is 0 Å². The summed E-state index contributed by atoms with van der Waals surface area (Å²) in [5.74, 6) is -0.271. The van der Waals surface area contributed by atoms with Gasteiger partial charge in [0.15, 0.2) is 0 Å². The van der Waals surface area contributed by atoms with E-state index in [1.54, 1.807) is 6.07 Å². The van der Waals surface area contributed by atoms with Gasteiger partial charge in [-0.1, -0.05) is 0 Å². The van der Waals surface area contributed by atoms with Crippen molar-refractivity contribution in [3.63, 3.8) is 0 Å². The molecule has 1 saturated carbocycles. The van der Waals surface area contributed by atoms with Crippen LogP contribution in [0.5, 0.6) is 0 Å². The molecule has 0 saturated heterocycles. The second kappa shape index (κ2) is 3.07. The molecule has 1 heterocycles. The van der Waals surface area contributed by atoms with E-state index in [4.69, 9.17) is 5.73 Å². The zero-order valence-corrected chi connectivity index (χ0v) is 7.46. The lowest BCUT2D eigenvalue weighted by molar-refractivity contribution is 0.589. The monoisotopic (exact) mass is 180 g/mol. The quantitative estimate of drug-likeness (QED) is 0.767. The average molecular weight is 180 g/mol. The van der Waals surface area contributed by atoms with Crippen LogP contribution in [-0.2, 0) is 5.41 Å². The summed E-state index contributed by atoms with van der Waals surface area (Å²) >= 11 is 0. The molecule has 0 bridgehead atoms. The van der Waals surface area contributed by atoms with E-state index in [2.05, 4.69) is 4.98 Å². The topological polar surface area (TPSA) is 38.9 Å². The van der Waals surface area contributed by atoms with E-state index in [0.29, 0.717) is 6.54 Å². The minimum Gasteiger partial charge on any atom is -0.330 e. The van der Waals surface area contributed by atoms with Crippen molar-refractivity contribution in [2.75, 3.05) is 6.54 Å². The number of aromatic nitrogens is 1. The molecule has 1 aliphatic carbocycles. The summed E-state index contributed by atoms with van der Waals surface area (Å²) in [6.07, 6.45) is 4.53. The van der Waals surface area contributed by atoms with E-state index in [0.717, 1.165) is 25.0 Å². The molecule has 1 aromatic heterocycles. The Kier molecular flexibility index (Phi) is 2.04. The Balaban J connectivity index is 2.20. The van der Waals surface area contributed by atoms with Crippen molar-refractivity contribution in [2.45, 2.75) is 24.7 Å². The summed E-state index contributed by atoms with van der Waals surface area (Å²) in [5.41, 5.74) is 6.70. The Morgan fingerprint density at radius 2 is 2.23 bits per heavy atom. The molecule has 1 aliphatic rings. The second-order valence-electron chi connectivity index (χ2n) is 3.68. The van der Waals surface area contributed by atoms with Crippen LogP contribution in [0.3, 0.4) is 0 Å². The molecular weight excluding hydrogens is 167 g/mol. The lowest BCUT2D eigenvalue weighted by Gasteiger charge is -2.12. The van der Waals surface area contributed by atoms with Crippen molar-refractivity contribution in [2.24, 2.45) is 5.73 Å². The average Bonchev–Trinajstić information content (AvgIpc) is 2.87. The van der Waals surface area contributed by atoms with E-state index < -0.39 is 0 Å². The van der Waals surface area contributed by atoms with Gasteiger partial charge in [0.05, 0.1) is 6.20 Å². The van der Waals surface area contributed by atoms with Gasteiger partial charge < -0.3 is 5.73 Å². The molecule has 0 spiro atoms. The third kappa shape index (κ3) is 1.56. The van der Waals surface area contributed by atoms with E-state index in [-0.39, 0.29) is 11.2 Å². The Hall–Kier alpha value is -0.960. The van der Waals surface area contributed by atoms with E-state index in [1.807, 2.05) is 0 Å². The fourth-order valence-corrected chi connectivity index (χ4v) is 1.75. The molecule has 2 rings (SSSR count). The molecule has 0 amide bonds. The van der Waals surface area contributed by atoms with Crippen LogP contribution >= 0.6 is 0 Å². The number of nitrogens with zero attached hydrogens (tertiary/aromatic N) is 1. The van der Waals surface area contributed by atoms with Gasteiger partial charge >= 0.3 is 0 Å². The van der Waals surface area contributed by atoms with E-state index in [9.17, 15) is 4.39 Å².